The highest BCUT2D eigenvalue weighted by Crippen LogP contribution is 2.33. The minimum atomic E-state index is -4.29. The average molecular weight is 642 g/mol. The van der Waals surface area contributed by atoms with Gasteiger partial charge in [0.1, 0.15) is 12.6 Å². The summed E-state index contributed by atoms with van der Waals surface area (Å²) in [5, 5.41) is 3.57. The molecule has 0 heterocycles. The minimum absolute atomic E-state index is 0.0604. The molecular weight excluding hydrogens is 602 g/mol. The van der Waals surface area contributed by atoms with Crippen LogP contribution in [-0.2, 0) is 26.2 Å². The van der Waals surface area contributed by atoms with Gasteiger partial charge in [-0.05, 0) is 86.7 Å². The molecule has 236 valence electrons. The predicted molar refractivity (Wildman–Crippen MR) is 172 cm³/mol. The van der Waals surface area contributed by atoms with Gasteiger partial charge >= 0.3 is 0 Å². The number of carbonyl (C=O) groups is 2. The molecule has 11 heteroatoms. The summed E-state index contributed by atoms with van der Waals surface area (Å²) in [5.41, 5.74) is 2.71. The number of nitrogens with zero attached hydrogens (tertiary/aromatic N) is 2. The molecule has 1 aliphatic rings. The minimum Gasteiger partial charge on any atom is -0.493 e. The number of ether oxygens (including phenoxy) is 2. The number of rotatable bonds is 12. The highest BCUT2D eigenvalue weighted by molar-refractivity contribution is 7.92. The van der Waals surface area contributed by atoms with E-state index in [1.807, 2.05) is 26.0 Å². The summed E-state index contributed by atoms with van der Waals surface area (Å²) < 4.78 is 40.3. The number of aryl methyl sites for hydroxylation is 2. The average Bonchev–Trinajstić information content (AvgIpc) is 3.50. The standard InChI is InChI=1S/C33H40ClN3O6S/c1-22-15-23(2)17-28(16-22)37(44(40,41)29-13-14-30(42-4)31(19-29)43-5)21-32(38)36(20-25-9-8-10-26(34)18-25)24(3)33(39)35-27-11-6-7-12-27/h8-10,13-19,24,27H,6-7,11-12,20-21H2,1-5H3,(H,35,39)/t24-/m1/s1. The maximum atomic E-state index is 14.3. The van der Waals surface area contributed by atoms with Crippen LogP contribution >= 0.6 is 11.6 Å². The molecule has 1 atom stereocenters. The maximum absolute atomic E-state index is 14.3. The fourth-order valence-electron chi connectivity index (χ4n) is 5.53. The van der Waals surface area contributed by atoms with E-state index in [4.69, 9.17) is 21.1 Å². The Kier molecular flexibility index (Phi) is 10.8. The quantitative estimate of drug-likeness (QED) is 0.274. The largest absolute Gasteiger partial charge is 0.493 e. The van der Waals surface area contributed by atoms with Crippen LogP contribution in [0.15, 0.2) is 65.6 Å². The monoisotopic (exact) mass is 641 g/mol. The van der Waals surface area contributed by atoms with Gasteiger partial charge in [-0.15, -0.1) is 0 Å². The number of hydrogen-bond acceptors (Lipinski definition) is 6. The van der Waals surface area contributed by atoms with E-state index in [0.29, 0.717) is 22.0 Å². The smallest absolute Gasteiger partial charge is 0.264 e. The van der Waals surface area contributed by atoms with E-state index in [1.54, 1.807) is 37.3 Å². The number of benzene rings is 3. The first kappa shape index (κ1) is 33.1. The molecule has 2 amide bonds. The number of amides is 2. The summed E-state index contributed by atoms with van der Waals surface area (Å²) in [6.45, 7) is 4.91. The number of hydrogen-bond donors (Lipinski definition) is 1. The molecule has 1 fully saturated rings. The van der Waals surface area contributed by atoms with Gasteiger partial charge in [0.15, 0.2) is 11.5 Å². The zero-order valence-corrected chi connectivity index (χ0v) is 27.4. The van der Waals surface area contributed by atoms with Crippen LogP contribution in [0, 0.1) is 13.8 Å². The molecule has 44 heavy (non-hydrogen) atoms. The predicted octanol–water partition coefficient (Wildman–Crippen LogP) is 5.65. The summed E-state index contributed by atoms with van der Waals surface area (Å²) in [5.74, 6) is -0.217. The third-order valence-electron chi connectivity index (χ3n) is 7.83. The number of nitrogens with one attached hydrogen (secondary N) is 1. The van der Waals surface area contributed by atoms with Crippen LogP contribution in [0.25, 0.3) is 0 Å². The molecule has 0 saturated heterocycles. The highest BCUT2D eigenvalue weighted by Gasteiger charge is 2.34. The van der Waals surface area contributed by atoms with Gasteiger partial charge < -0.3 is 19.7 Å². The molecule has 1 saturated carbocycles. The Morgan fingerprint density at radius 1 is 0.955 bits per heavy atom. The van der Waals surface area contributed by atoms with Crippen LogP contribution in [0.2, 0.25) is 5.02 Å². The topological polar surface area (TPSA) is 105 Å². The zero-order chi connectivity index (χ0) is 32.0. The second kappa shape index (κ2) is 14.3. The van der Waals surface area contributed by atoms with Crippen LogP contribution in [0.4, 0.5) is 5.69 Å². The maximum Gasteiger partial charge on any atom is 0.264 e. The van der Waals surface area contributed by atoms with E-state index in [-0.39, 0.29) is 29.1 Å². The molecule has 3 aromatic rings. The summed E-state index contributed by atoms with van der Waals surface area (Å²) in [6.07, 6.45) is 3.88. The van der Waals surface area contributed by atoms with E-state index < -0.39 is 28.5 Å². The lowest BCUT2D eigenvalue weighted by Gasteiger charge is -2.32. The van der Waals surface area contributed by atoms with Crippen LogP contribution in [0.3, 0.4) is 0 Å². The molecule has 1 N–H and O–H groups in total. The summed E-state index contributed by atoms with van der Waals surface area (Å²) in [6, 6.07) is 15.9. The summed E-state index contributed by atoms with van der Waals surface area (Å²) in [7, 11) is -1.40. The van der Waals surface area contributed by atoms with Gasteiger partial charge in [-0.1, -0.05) is 42.6 Å². The van der Waals surface area contributed by atoms with Gasteiger partial charge in [-0.3, -0.25) is 13.9 Å². The molecule has 0 bridgehead atoms. The Balaban J connectivity index is 1.75. The molecule has 0 aliphatic heterocycles. The molecule has 9 nitrogen and oxygen atoms in total. The lowest BCUT2D eigenvalue weighted by molar-refractivity contribution is -0.139. The molecule has 0 spiro atoms. The summed E-state index contributed by atoms with van der Waals surface area (Å²) >= 11 is 6.24. The fourth-order valence-corrected chi connectivity index (χ4v) is 7.16. The normalized spacial score (nSPS) is 14.1. The van der Waals surface area contributed by atoms with E-state index in [2.05, 4.69) is 5.32 Å². The van der Waals surface area contributed by atoms with Crippen molar-refractivity contribution < 1.29 is 27.5 Å². The molecule has 4 rings (SSSR count). The lowest BCUT2D eigenvalue weighted by atomic mass is 10.1. The van der Waals surface area contributed by atoms with E-state index in [9.17, 15) is 18.0 Å². The van der Waals surface area contributed by atoms with Gasteiger partial charge in [0, 0.05) is 23.7 Å². The second-order valence-electron chi connectivity index (χ2n) is 11.2. The van der Waals surface area contributed by atoms with Gasteiger partial charge in [0.05, 0.1) is 24.8 Å². The molecule has 0 aromatic heterocycles. The van der Waals surface area contributed by atoms with E-state index >= 15 is 0 Å². The SMILES string of the molecule is COc1ccc(S(=O)(=O)N(CC(=O)N(Cc2cccc(Cl)c2)[C@H](C)C(=O)NC2CCCC2)c2cc(C)cc(C)c2)cc1OC. The zero-order valence-electron chi connectivity index (χ0n) is 25.8. The van der Waals surface area contributed by atoms with Crippen molar-refractivity contribution in [1.29, 1.82) is 0 Å². The first-order valence-electron chi connectivity index (χ1n) is 14.6. The number of sulfonamides is 1. The van der Waals surface area contributed by atoms with Crippen LogP contribution in [0.5, 0.6) is 11.5 Å². The number of carbonyl (C=O) groups excluding carboxylic acids is 2. The molecule has 3 aromatic carbocycles. The van der Waals surface area contributed by atoms with Crippen molar-refractivity contribution >= 4 is 39.1 Å². The lowest BCUT2D eigenvalue weighted by Crippen LogP contribution is -2.52. The van der Waals surface area contributed by atoms with Crippen molar-refractivity contribution in [3.8, 4) is 11.5 Å². The van der Waals surface area contributed by atoms with Crippen molar-refractivity contribution in [3.63, 3.8) is 0 Å². The van der Waals surface area contributed by atoms with E-state index in [0.717, 1.165) is 41.1 Å². The van der Waals surface area contributed by atoms with Gasteiger partial charge in [-0.2, -0.15) is 0 Å². The Hall–Kier alpha value is -3.76. The van der Waals surface area contributed by atoms with Gasteiger partial charge in [0.2, 0.25) is 11.8 Å². The second-order valence-corrected chi connectivity index (χ2v) is 13.5. The van der Waals surface area contributed by atoms with Crippen LogP contribution in [-0.4, -0.2) is 58.0 Å². The van der Waals surface area contributed by atoms with Crippen molar-refractivity contribution in [3.05, 3.63) is 82.4 Å². The molecular formula is C33H40ClN3O6S. The van der Waals surface area contributed by atoms with Gasteiger partial charge in [0.25, 0.3) is 10.0 Å². The highest BCUT2D eigenvalue weighted by atomic mass is 35.5. The van der Waals surface area contributed by atoms with E-state index in [1.165, 1.54) is 37.3 Å². The van der Waals surface area contributed by atoms with Crippen molar-refractivity contribution in [1.82, 2.24) is 10.2 Å². The van der Waals surface area contributed by atoms with Gasteiger partial charge in [-0.25, -0.2) is 8.42 Å². The molecule has 1 aliphatic carbocycles. The van der Waals surface area contributed by atoms with Crippen molar-refractivity contribution in [2.24, 2.45) is 0 Å². The third kappa shape index (κ3) is 7.84. The summed E-state index contributed by atoms with van der Waals surface area (Å²) in [4.78, 5) is 29.0. The van der Waals surface area contributed by atoms with Crippen molar-refractivity contribution in [2.75, 3.05) is 25.1 Å². The van der Waals surface area contributed by atoms with Crippen LogP contribution in [0.1, 0.15) is 49.3 Å². The number of methoxy groups -OCH3 is 2. The Morgan fingerprint density at radius 3 is 2.23 bits per heavy atom. The Morgan fingerprint density at radius 2 is 1.61 bits per heavy atom. The number of anilines is 1. The first-order chi connectivity index (χ1) is 20.9. The fraction of sp³-hybridized carbons (Fsp3) is 0.394. The Labute approximate surface area is 265 Å². The van der Waals surface area contributed by atoms with Crippen LogP contribution < -0.4 is 19.1 Å². The Bertz CT molecular complexity index is 1590. The molecule has 0 radical (unpaired) electrons. The first-order valence-corrected chi connectivity index (χ1v) is 16.4. The number of halogens is 1. The third-order valence-corrected chi connectivity index (χ3v) is 9.83. The van der Waals surface area contributed by atoms with Crippen molar-refractivity contribution in [2.45, 2.75) is 70.0 Å². The molecule has 0 unspecified atom stereocenters.